The van der Waals surface area contributed by atoms with Crippen molar-refractivity contribution in [1.29, 1.82) is 0 Å². The molecule has 0 fully saturated rings. The summed E-state index contributed by atoms with van der Waals surface area (Å²) in [4.78, 5) is 11.5. The second kappa shape index (κ2) is 5.35. The number of benzene rings is 1. The molecule has 1 aromatic carbocycles. The van der Waals surface area contributed by atoms with Crippen molar-refractivity contribution in [3.8, 4) is 5.75 Å². The van der Waals surface area contributed by atoms with Gasteiger partial charge in [-0.25, -0.2) is 0 Å². The van der Waals surface area contributed by atoms with E-state index in [-0.39, 0.29) is 17.5 Å². The average molecular weight is 204 g/mol. The highest BCUT2D eigenvalue weighted by Crippen LogP contribution is 2.13. The topological polar surface area (TPSA) is 37.3 Å². The SMILES string of the molecule is CCC(C)C(=O)/C=C/c1cccc(O)c1. The van der Waals surface area contributed by atoms with Crippen LogP contribution in [0, 0.1) is 5.92 Å². The first-order valence-electron chi connectivity index (χ1n) is 5.14. The molecule has 15 heavy (non-hydrogen) atoms. The zero-order valence-corrected chi connectivity index (χ0v) is 9.10. The van der Waals surface area contributed by atoms with Crippen molar-refractivity contribution in [3.05, 3.63) is 35.9 Å². The predicted molar refractivity (Wildman–Crippen MR) is 61.6 cm³/mol. The van der Waals surface area contributed by atoms with Gasteiger partial charge in [0.05, 0.1) is 0 Å². The summed E-state index contributed by atoms with van der Waals surface area (Å²) in [6.07, 6.45) is 4.15. The van der Waals surface area contributed by atoms with E-state index in [0.717, 1.165) is 12.0 Å². The molecule has 1 rings (SSSR count). The summed E-state index contributed by atoms with van der Waals surface area (Å²) in [5.74, 6) is 0.410. The van der Waals surface area contributed by atoms with Gasteiger partial charge in [0, 0.05) is 5.92 Å². The highest BCUT2D eigenvalue weighted by molar-refractivity contribution is 5.95. The van der Waals surface area contributed by atoms with Gasteiger partial charge < -0.3 is 5.11 Å². The number of carbonyl (C=O) groups is 1. The zero-order chi connectivity index (χ0) is 11.3. The number of rotatable bonds is 4. The molecule has 1 aromatic rings. The van der Waals surface area contributed by atoms with Gasteiger partial charge in [0.25, 0.3) is 0 Å². The van der Waals surface area contributed by atoms with Crippen LogP contribution in [-0.4, -0.2) is 10.9 Å². The Balaban J connectivity index is 2.69. The summed E-state index contributed by atoms with van der Waals surface area (Å²) >= 11 is 0. The smallest absolute Gasteiger partial charge is 0.158 e. The van der Waals surface area contributed by atoms with Gasteiger partial charge in [0.15, 0.2) is 5.78 Å². The van der Waals surface area contributed by atoms with Crippen LogP contribution in [0.25, 0.3) is 6.08 Å². The number of phenolic OH excluding ortho intramolecular Hbond substituents is 1. The second-order valence-corrected chi connectivity index (χ2v) is 3.64. The average Bonchev–Trinajstić information content (AvgIpc) is 2.25. The lowest BCUT2D eigenvalue weighted by atomic mass is 10.0. The van der Waals surface area contributed by atoms with Gasteiger partial charge in [-0.15, -0.1) is 0 Å². The van der Waals surface area contributed by atoms with Crippen LogP contribution in [0.1, 0.15) is 25.8 Å². The Hall–Kier alpha value is -1.57. The van der Waals surface area contributed by atoms with Gasteiger partial charge in [0.1, 0.15) is 5.75 Å². The molecule has 0 bridgehead atoms. The molecule has 0 aromatic heterocycles. The van der Waals surface area contributed by atoms with Crippen LogP contribution in [0.4, 0.5) is 0 Å². The van der Waals surface area contributed by atoms with Gasteiger partial charge >= 0.3 is 0 Å². The predicted octanol–water partition coefficient (Wildman–Crippen LogP) is 3.02. The normalized spacial score (nSPS) is 12.9. The number of hydrogen-bond donors (Lipinski definition) is 1. The lowest BCUT2D eigenvalue weighted by Gasteiger charge is -2.01. The molecule has 0 saturated carbocycles. The summed E-state index contributed by atoms with van der Waals surface area (Å²) in [7, 11) is 0. The van der Waals surface area contributed by atoms with E-state index in [0.29, 0.717) is 0 Å². The molecule has 0 radical (unpaired) electrons. The van der Waals surface area contributed by atoms with E-state index in [2.05, 4.69) is 0 Å². The van der Waals surface area contributed by atoms with Gasteiger partial charge in [-0.3, -0.25) is 4.79 Å². The molecule has 2 nitrogen and oxygen atoms in total. The largest absolute Gasteiger partial charge is 0.508 e. The maximum Gasteiger partial charge on any atom is 0.158 e. The molecule has 0 saturated heterocycles. The van der Waals surface area contributed by atoms with Crippen molar-refractivity contribution in [2.45, 2.75) is 20.3 Å². The Morgan fingerprint density at radius 3 is 2.87 bits per heavy atom. The van der Waals surface area contributed by atoms with Crippen LogP contribution in [0.2, 0.25) is 0 Å². The highest BCUT2D eigenvalue weighted by Gasteiger charge is 2.05. The lowest BCUT2D eigenvalue weighted by Crippen LogP contribution is -2.05. The first-order chi connectivity index (χ1) is 7.13. The van der Waals surface area contributed by atoms with E-state index in [1.54, 1.807) is 30.4 Å². The van der Waals surface area contributed by atoms with E-state index < -0.39 is 0 Å². The molecular weight excluding hydrogens is 188 g/mol. The number of ketones is 1. The second-order valence-electron chi connectivity index (χ2n) is 3.64. The Kier molecular flexibility index (Phi) is 4.10. The van der Waals surface area contributed by atoms with Crippen molar-refractivity contribution < 1.29 is 9.90 Å². The molecule has 0 amide bonds. The quantitative estimate of drug-likeness (QED) is 0.765. The summed E-state index contributed by atoms with van der Waals surface area (Å²) in [6, 6.07) is 6.83. The minimum atomic E-state index is 0.0681. The minimum Gasteiger partial charge on any atom is -0.508 e. The molecule has 1 N–H and O–H groups in total. The molecule has 80 valence electrons. The van der Waals surface area contributed by atoms with Gasteiger partial charge in [-0.2, -0.15) is 0 Å². The maximum absolute atomic E-state index is 11.5. The summed E-state index contributed by atoms with van der Waals surface area (Å²) in [6.45, 7) is 3.90. The van der Waals surface area contributed by atoms with Crippen LogP contribution in [0.3, 0.4) is 0 Å². The monoisotopic (exact) mass is 204 g/mol. The number of carbonyl (C=O) groups excluding carboxylic acids is 1. The molecule has 1 unspecified atom stereocenters. The number of aromatic hydroxyl groups is 1. The van der Waals surface area contributed by atoms with E-state index in [9.17, 15) is 9.90 Å². The van der Waals surface area contributed by atoms with Crippen molar-refractivity contribution >= 4 is 11.9 Å². The molecule has 0 spiro atoms. The number of phenols is 1. The fourth-order valence-electron chi connectivity index (χ4n) is 1.17. The molecule has 0 aliphatic rings. The Labute approximate surface area is 90.3 Å². The van der Waals surface area contributed by atoms with Gasteiger partial charge in [-0.05, 0) is 30.2 Å². The maximum atomic E-state index is 11.5. The third-order valence-electron chi connectivity index (χ3n) is 2.41. The van der Waals surface area contributed by atoms with E-state index in [1.165, 1.54) is 0 Å². The molecule has 0 heterocycles. The van der Waals surface area contributed by atoms with Crippen LogP contribution in [0.5, 0.6) is 5.75 Å². The van der Waals surface area contributed by atoms with Crippen molar-refractivity contribution in [2.24, 2.45) is 5.92 Å². The highest BCUT2D eigenvalue weighted by atomic mass is 16.3. The summed E-state index contributed by atoms with van der Waals surface area (Å²) < 4.78 is 0. The van der Waals surface area contributed by atoms with Crippen molar-refractivity contribution in [2.75, 3.05) is 0 Å². The lowest BCUT2D eigenvalue weighted by molar-refractivity contribution is -0.117. The van der Waals surface area contributed by atoms with Crippen LogP contribution in [-0.2, 0) is 4.79 Å². The minimum absolute atomic E-state index is 0.0681. The molecular formula is C13H16O2. The van der Waals surface area contributed by atoms with Crippen molar-refractivity contribution in [1.82, 2.24) is 0 Å². The van der Waals surface area contributed by atoms with Crippen LogP contribution < -0.4 is 0 Å². The molecule has 0 aliphatic carbocycles. The summed E-state index contributed by atoms with van der Waals surface area (Å²) in [5, 5.41) is 9.21. The van der Waals surface area contributed by atoms with Crippen molar-refractivity contribution in [3.63, 3.8) is 0 Å². The molecule has 0 aliphatic heterocycles. The molecule has 1 atom stereocenters. The van der Waals surface area contributed by atoms with E-state index >= 15 is 0 Å². The number of hydrogen-bond acceptors (Lipinski definition) is 2. The zero-order valence-electron chi connectivity index (χ0n) is 9.10. The first-order valence-corrected chi connectivity index (χ1v) is 5.14. The third-order valence-corrected chi connectivity index (χ3v) is 2.41. The van der Waals surface area contributed by atoms with Gasteiger partial charge in [-0.1, -0.05) is 32.1 Å². The molecule has 2 heteroatoms. The van der Waals surface area contributed by atoms with E-state index in [1.807, 2.05) is 19.9 Å². The van der Waals surface area contributed by atoms with Crippen LogP contribution in [0.15, 0.2) is 30.3 Å². The standard InChI is InChI=1S/C13H16O2/c1-3-10(2)13(15)8-7-11-5-4-6-12(14)9-11/h4-10,14H,3H2,1-2H3/b8-7+. The van der Waals surface area contributed by atoms with E-state index in [4.69, 9.17) is 0 Å². The Morgan fingerprint density at radius 2 is 2.27 bits per heavy atom. The first kappa shape index (κ1) is 11.5. The van der Waals surface area contributed by atoms with Crippen LogP contribution >= 0.6 is 0 Å². The fourth-order valence-corrected chi connectivity index (χ4v) is 1.17. The fraction of sp³-hybridized carbons (Fsp3) is 0.308. The Morgan fingerprint density at radius 1 is 1.53 bits per heavy atom. The Bertz CT molecular complexity index is 367. The van der Waals surface area contributed by atoms with Gasteiger partial charge in [0.2, 0.25) is 0 Å². The number of allylic oxidation sites excluding steroid dienone is 1. The third kappa shape index (κ3) is 3.58. The summed E-state index contributed by atoms with van der Waals surface area (Å²) in [5.41, 5.74) is 0.839.